The number of carbonyl (C=O) groups is 1. The number of benzene rings is 2. The quantitative estimate of drug-likeness (QED) is 0.429. The number of carbonyl (C=O) groups excluding carboxylic acids is 1. The Morgan fingerprint density at radius 1 is 0.741 bits per heavy atom. The zero-order chi connectivity index (χ0) is 19.2. The fourth-order valence-corrected chi connectivity index (χ4v) is 2.50. The number of hydrogen-bond acceptors (Lipinski definition) is 5. The van der Waals surface area contributed by atoms with Gasteiger partial charge in [-0.3, -0.25) is 0 Å². The van der Waals surface area contributed by atoms with Crippen molar-refractivity contribution in [3.05, 3.63) is 60.2 Å². The molecule has 0 bridgehead atoms. The van der Waals surface area contributed by atoms with Gasteiger partial charge < -0.3 is 19.3 Å². The third-order valence-corrected chi connectivity index (χ3v) is 3.90. The lowest BCUT2D eigenvalue weighted by Crippen LogP contribution is -2.09. The van der Waals surface area contributed by atoms with Gasteiger partial charge in [-0.1, -0.05) is 42.5 Å². The lowest BCUT2D eigenvalue weighted by Gasteiger charge is -2.08. The Labute approximate surface area is 160 Å². The highest BCUT2D eigenvalue weighted by molar-refractivity contribution is 5.91. The molecule has 0 atom stereocenters. The largest absolute Gasteiger partial charge is 0.462 e. The number of rotatable bonds is 13. The molecule has 2 aromatic rings. The number of aliphatic hydroxyl groups is 1. The maximum absolute atomic E-state index is 12.2. The molecule has 1 N–H and O–H groups in total. The van der Waals surface area contributed by atoms with Crippen molar-refractivity contribution in [3.8, 4) is 11.1 Å². The Kier molecular flexibility index (Phi) is 10.2. The molecule has 0 saturated heterocycles. The summed E-state index contributed by atoms with van der Waals surface area (Å²) in [6, 6.07) is 17.4. The molecule has 0 radical (unpaired) electrons. The van der Waals surface area contributed by atoms with Crippen LogP contribution in [0.1, 0.15) is 29.6 Å². The second kappa shape index (κ2) is 13.0. The summed E-state index contributed by atoms with van der Waals surface area (Å²) in [4.78, 5) is 12.2. The molecule has 0 aliphatic heterocycles. The van der Waals surface area contributed by atoms with E-state index >= 15 is 0 Å². The smallest absolute Gasteiger partial charge is 0.338 e. The minimum Gasteiger partial charge on any atom is -0.462 e. The van der Waals surface area contributed by atoms with Crippen molar-refractivity contribution in [2.75, 3.05) is 39.6 Å². The molecule has 0 fully saturated rings. The zero-order valence-electron chi connectivity index (χ0n) is 15.6. The van der Waals surface area contributed by atoms with Crippen molar-refractivity contribution in [3.63, 3.8) is 0 Å². The van der Waals surface area contributed by atoms with Crippen molar-refractivity contribution in [2.24, 2.45) is 0 Å². The molecule has 0 saturated carbocycles. The fourth-order valence-electron chi connectivity index (χ4n) is 2.50. The van der Waals surface area contributed by atoms with Crippen LogP contribution in [-0.2, 0) is 14.2 Å². The minimum atomic E-state index is -0.315. The molecule has 5 heteroatoms. The SMILES string of the molecule is O=C(OCCCOCCCOCCCO)c1cccc(-c2ccccc2)c1. The van der Waals surface area contributed by atoms with E-state index in [0.29, 0.717) is 51.4 Å². The number of ether oxygens (including phenoxy) is 3. The first-order valence-corrected chi connectivity index (χ1v) is 9.40. The summed E-state index contributed by atoms with van der Waals surface area (Å²) in [5.41, 5.74) is 2.62. The maximum Gasteiger partial charge on any atom is 0.338 e. The van der Waals surface area contributed by atoms with Crippen LogP contribution in [0.5, 0.6) is 0 Å². The molecule has 146 valence electrons. The summed E-state index contributed by atoms with van der Waals surface area (Å²) in [5.74, 6) is -0.315. The molecule has 0 amide bonds. The first-order chi connectivity index (χ1) is 13.3. The van der Waals surface area contributed by atoms with E-state index < -0.39 is 0 Å². The highest BCUT2D eigenvalue weighted by Crippen LogP contribution is 2.20. The maximum atomic E-state index is 12.2. The predicted octanol–water partition coefficient (Wildman–Crippen LogP) is 3.71. The summed E-state index contributed by atoms with van der Waals surface area (Å²) in [5, 5.41) is 8.63. The standard InChI is InChI=1S/C22H28O5/c23-12-5-13-25-14-6-15-26-16-7-17-27-22(24)21-11-4-10-20(18-21)19-8-2-1-3-9-19/h1-4,8-11,18,23H,5-7,12-17H2. The molecule has 0 aliphatic carbocycles. The lowest BCUT2D eigenvalue weighted by molar-refractivity contribution is 0.0420. The third kappa shape index (κ3) is 8.35. The Morgan fingerprint density at radius 3 is 2.07 bits per heavy atom. The van der Waals surface area contributed by atoms with E-state index in [1.165, 1.54) is 0 Å². The Morgan fingerprint density at radius 2 is 1.37 bits per heavy atom. The van der Waals surface area contributed by atoms with Crippen LogP contribution >= 0.6 is 0 Å². The molecule has 0 unspecified atom stereocenters. The summed E-state index contributed by atoms with van der Waals surface area (Å²) >= 11 is 0. The van der Waals surface area contributed by atoms with Crippen molar-refractivity contribution in [2.45, 2.75) is 19.3 Å². The van der Waals surface area contributed by atoms with Crippen LogP contribution in [0, 0.1) is 0 Å². The van der Waals surface area contributed by atoms with Crippen molar-refractivity contribution < 1.29 is 24.1 Å². The van der Waals surface area contributed by atoms with Gasteiger partial charge in [0, 0.05) is 39.5 Å². The van der Waals surface area contributed by atoms with Crippen LogP contribution < -0.4 is 0 Å². The van der Waals surface area contributed by atoms with E-state index in [1.54, 1.807) is 6.07 Å². The topological polar surface area (TPSA) is 65.0 Å². The average Bonchev–Trinajstić information content (AvgIpc) is 2.72. The second-order valence-corrected chi connectivity index (χ2v) is 6.09. The van der Waals surface area contributed by atoms with E-state index in [0.717, 1.165) is 17.5 Å². The van der Waals surface area contributed by atoms with E-state index in [1.807, 2.05) is 48.5 Å². The molecule has 2 aromatic carbocycles. The van der Waals surface area contributed by atoms with Gasteiger partial charge in [0.1, 0.15) is 0 Å². The molecular formula is C22H28O5. The first kappa shape index (κ1) is 21.1. The van der Waals surface area contributed by atoms with Gasteiger partial charge >= 0.3 is 5.97 Å². The predicted molar refractivity (Wildman–Crippen MR) is 105 cm³/mol. The normalized spacial score (nSPS) is 10.7. The number of aliphatic hydroxyl groups excluding tert-OH is 1. The monoisotopic (exact) mass is 372 g/mol. The summed E-state index contributed by atoms with van der Waals surface area (Å²) in [6.07, 6.45) is 2.15. The van der Waals surface area contributed by atoms with Crippen LogP contribution in [0.25, 0.3) is 11.1 Å². The number of esters is 1. The van der Waals surface area contributed by atoms with Crippen molar-refractivity contribution in [1.82, 2.24) is 0 Å². The van der Waals surface area contributed by atoms with Crippen LogP contribution in [0.4, 0.5) is 0 Å². The molecule has 0 aliphatic rings. The third-order valence-electron chi connectivity index (χ3n) is 3.90. The van der Waals surface area contributed by atoms with Gasteiger partial charge in [0.2, 0.25) is 0 Å². The van der Waals surface area contributed by atoms with Crippen LogP contribution in [0.2, 0.25) is 0 Å². The van der Waals surface area contributed by atoms with Crippen LogP contribution in [-0.4, -0.2) is 50.7 Å². The Bertz CT molecular complexity index is 657. The van der Waals surface area contributed by atoms with E-state index in [4.69, 9.17) is 19.3 Å². The molecule has 0 spiro atoms. The number of hydrogen-bond donors (Lipinski definition) is 1. The van der Waals surface area contributed by atoms with Crippen LogP contribution in [0.15, 0.2) is 54.6 Å². The van der Waals surface area contributed by atoms with E-state index in [9.17, 15) is 4.79 Å². The van der Waals surface area contributed by atoms with Gasteiger partial charge in [-0.05, 0) is 36.1 Å². The lowest BCUT2D eigenvalue weighted by atomic mass is 10.0. The Balaban J connectivity index is 1.60. The zero-order valence-corrected chi connectivity index (χ0v) is 15.6. The molecular weight excluding hydrogens is 344 g/mol. The van der Waals surface area contributed by atoms with Crippen molar-refractivity contribution >= 4 is 5.97 Å². The minimum absolute atomic E-state index is 0.159. The van der Waals surface area contributed by atoms with Gasteiger partial charge in [0.05, 0.1) is 12.2 Å². The summed E-state index contributed by atoms with van der Waals surface area (Å²) < 4.78 is 16.1. The second-order valence-electron chi connectivity index (χ2n) is 6.09. The average molecular weight is 372 g/mol. The van der Waals surface area contributed by atoms with Gasteiger partial charge in [-0.2, -0.15) is 0 Å². The molecule has 2 rings (SSSR count). The fraction of sp³-hybridized carbons (Fsp3) is 0.409. The van der Waals surface area contributed by atoms with Crippen molar-refractivity contribution in [1.29, 1.82) is 0 Å². The molecule has 0 aromatic heterocycles. The first-order valence-electron chi connectivity index (χ1n) is 9.40. The van der Waals surface area contributed by atoms with Gasteiger partial charge in [0.25, 0.3) is 0 Å². The molecule has 27 heavy (non-hydrogen) atoms. The summed E-state index contributed by atoms with van der Waals surface area (Å²) in [7, 11) is 0. The van der Waals surface area contributed by atoms with E-state index in [2.05, 4.69) is 0 Å². The molecule has 5 nitrogen and oxygen atoms in total. The van der Waals surface area contributed by atoms with Gasteiger partial charge in [-0.15, -0.1) is 0 Å². The molecule has 0 heterocycles. The van der Waals surface area contributed by atoms with Crippen LogP contribution in [0.3, 0.4) is 0 Å². The Hall–Kier alpha value is -2.21. The highest BCUT2D eigenvalue weighted by atomic mass is 16.5. The summed E-state index contributed by atoms with van der Waals surface area (Å²) in [6.45, 7) is 2.87. The van der Waals surface area contributed by atoms with Gasteiger partial charge in [0.15, 0.2) is 0 Å². The van der Waals surface area contributed by atoms with E-state index in [-0.39, 0.29) is 12.6 Å². The van der Waals surface area contributed by atoms with Gasteiger partial charge in [-0.25, -0.2) is 4.79 Å². The highest BCUT2D eigenvalue weighted by Gasteiger charge is 2.08.